The average molecular weight is 294 g/mol. The predicted octanol–water partition coefficient (Wildman–Crippen LogP) is 2.78. The molecule has 1 saturated heterocycles. The molecule has 3 heteroatoms. The summed E-state index contributed by atoms with van der Waals surface area (Å²) in [6.07, 6.45) is 12.1. The molecule has 0 aromatic carbocycles. The summed E-state index contributed by atoms with van der Waals surface area (Å²) in [5.74, 6) is 0.872. The van der Waals surface area contributed by atoms with Crippen LogP contribution in [-0.2, 0) is 0 Å². The molecule has 0 bridgehead atoms. The van der Waals surface area contributed by atoms with Crippen molar-refractivity contribution >= 4 is 0 Å². The number of nitrogens with one attached hydrogen (secondary N) is 1. The van der Waals surface area contributed by atoms with E-state index in [0.717, 1.165) is 12.0 Å². The highest BCUT2D eigenvalue weighted by molar-refractivity contribution is 4.94. The van der Waals surface area contributed by atoms with Crippen LogP contribution < -0.4 is 5.32 Å². The molecular weight excluding hydrogens is 260 g/mol. The molecule has 3 aliphatic rings. The van der Waals surface area contributed by atoms with Gasteiger partial charge in [0, 0.05) is 25.2 Å². The molecular formula is C18H34N2O. The first-order valence-corrected chi connectivity index (χ1v) is 9.29. The van der Waals surface area contributed by atoms with Gasteiger partial charge in [-0.3, -0.25) is 4.90 Å². The van der Waals surface area contributed by atoms with Crippen molar-refractivity contribution in [1.29, 1.82) is 0 Å². The highest BCUT2D eigenvalue weighted by Gasteiger charge is 2.39. The number of hydrogen-bond donors (Lipinski definition) is 2. The van der Waals surface area contributed by atoms with Crippen molar-refractivity contribution in [1.82, 2.24) is 10.2 Å². The van der Waals surface area contributed by atoms with Gasteiger partial charge < -0.3 is 10.4 Å². The van der Waals surface area contributed by atoms with E-state index < -0.39 is 0 Å². The second kappa shape index (κ2) is 6.97. The summed E-state index contributed by atoms with van der Waals surface area (Å²) < 4.78 is 0. The van der Waals surface area contributed by atoms with Crippen LogP contribution in [0.5, 0.6) is 0 Å². The molecule has 0 radical (unpaired) electrons. The Morgan fingerprint density at radius 3 is 2.71 bits per heavy atom. The summed E-state index contributed by atoms with van der Waals surface area (Å²) in [4.78, 5) is 2.62. The molecule has 122 valence electrons. The van der Waals surface area contributed by atoms with Gasteiger partial charge >= 0.3 is 0 Å². The maximum absolute atomic E-state index is 9.70. The molecule has 1 heterocycles. The Morgan fingerprint density at radius 1 is 1.14 bits per heavy atom. The standard InChI is InChI=1S/C18H34N2O/c1-15-5-4-9-18(11-15,13-19-16-7-8-16)14-20-10-3-2-6-17(20)12-21/h15-17,19,21H,2-14H2,1H3. The Hall–Kier alpha value is -0.120. The number of likely N-dealkylation sites (tertiary alicyclic amines) is 1. The fourth-order valence-corrected chi connectivity index (χ4v) is 4.68. The molecule has 0 spiro atoms. The van der Waals surface area contributed by atoms with E-state index >= 15 is 0 Å². The Bertz CT molecular complexity index is 331. The lowest BCUT2D eigenvalue weighted by Crippen LogP contribution is -2.52. The second-order valence-electron chi connectivity index (χ2n) is 8.16. The van der Waals surface area contributed by atoms with E-state index in [1.165, 1.54) is 77.4 Å². The maximum atomic E-state index is 9.70. The van der Waals surface area contributed by atoms with Gasteiger partial charge in [0.25, 0.3) is 0 Å². The van der Waals surface area contributed by atoms with Gasteiger partial charge in [-0.25, -0.2) is 0 Å². The lowest BCUT2D eigenvalue weighted by Gasteiger charge is -2.46. The van der Waals surface area contributed by atoms with E-state index in [-0.39, 0.29) is 0 Å². The summed E-state index contributed by atoms with van der Waals surface area (Å²) >= 11 is 0. The van der Waals surface area contributed by atoms with Crippen molar-refractivity contribution in [2.45, 2.75) is 76.8 Å². The molecule has 2 N–H and O–H groups in total. The predicted molar refractivity (Wildman–Crippen MR) is 87.4 cm³/mol. The Kier molecular flexibility index (Phi) is 5.23. The molecule has 3 fully saturated rings. The number of rotatable bonds is 6. The number of nitrogens with zero attached hydrogens (tertiary/aromatic N) is 1. The Labute approximate surface area is 130 Å². The van der Waals surface area contributed by atoms with Crippen LogP contribution in [0.25, 0.3) is 0 Å². The van der Waals surface area contributed by atoms with Crippen molar-refractivity contribution in [2.75, 3.05) is 26.2 Å². The van der Waals surface area contributed by atoms with Gasteiger partial charge in [0.15, 0.2) is 0 Å². The van der Waals surface area contributed by atoms with Crippen LogP contribution in [0.4, 0.5) is 0 Å². The minimum Gasteiger partial charge on any atom is -0.395 e. The van der Waals surface area contributed by atoms with Crippen LogP contribution in [0.15, 0.2) is 0 Å². The Morgan fingerprint density at radius 2 is 2.00 bits per heavy atom. The van der Waals surface area contributed by atoms with Gasteiger partial charge in [-0.2, -0.15) is 0 Å². The molecule has 3 unspecified atom stereocenters. The normalized spacial score (nSPS) is 38.6. The highest BCUT2D eigenvalue weighted by Crippen LogP contribution is 2.41. The van der Waals surface area contributed by atoms with Gasteiger partial charge in [-0.15, -0.1) is 0 Å². The summed E-state index contributed by atoms with van der Waals surface area (Å²) in [5.41, 5.74) is 0.463. The third kappa shape index (κ3) is 4.20. The molecule has 2 saturated carbocycles. The molecule has 3 nitrogen and oxygen atoms in total. The number of hydrogen-bond acceptors (Lipinski definition) is 3. The van der Waals surface area contributed by atoms with Crippen LogP contribution in [0.3, 0.4) is 0 Å². The molecule has 21 heavy (non-hydrogen) atoms. The first-order valence-electron chi connectivity index (χ1n) is 9.29. The van der Waals surface area contributed by atoms with E-state index in [0.29, 0.717) is 18.1 Å². The molecule has 1 aliphatic heterocycles. The van der Waals surface area contributed by atoms with Gasteiger partial charge in [0.05, 0.1) is 6.61 Å². The third-order valence-electron chi connectivity index (χ3n) is 6.03. The van der Waals surface area contributed by atoms with E-state index in [9.17, 15) is 5.11 Å². The topological polar surface area (TPSA) is 35.5 Å². The van der Waals surface area contributed by atoms with Crippen LogP contribution in [0, 0.1) is 11.3 Å². The summed E-state index contributed by atoms with van der Waals surface area (Å²) in [6, 6.07) is 1.24. The van der Waals surface area contributed by atoms with E-state index in [1.807, 2.05) is 0 Å². The van der Waals surface area contributed by atoms with E-state index in [2.05, 4.69) is 17.1 Å². The molecule has 3 atom stereocenters. The lowest BCUT2D eigenvalue weighted by molar-refractivity contribution is 0.0215. The third-order valence-corrected chi connectivity index (χ3v) is 6.03. The monoisotopic (exact) mass is 294 g/mol. The van der Waals surface area contributed by atoms with Crippen LogP contribution in [-0.4, -0.2) is 48.3 Å². The van der Waals surface area contributed by atoms with Crippen molar-refractivity contribution in [2.24, 2.45) is 11.3 Å². The first kappa shape index (κ1) is 15.8. The fourth-order valence-electron chi connectivity index (χ4n) is 4.68. The smallest absolute Gasteiger partial charge is 0.0586 e. The van der Waals surface area contributed by atoms with E-state index in [4.69, 9.17) is 0 Å². The zero-order valence-corrected chi connectivity index (χ0v) is 13.8. The molecule has 0 amide bonds. The number of aliphatic hydroxyl groups excluding tert-OH is 1. The minimum atomic E-state index is 0.349. The first-order chi connectivity index (χ1) is 10.2. The molecule has 0 aromatic rings. The Balaban J connectivity index is 1.64. The fraction of sp³-hybridized carbons (Fsp3) is 1.00. The molecule has 3 rings (SSSR count). The quantitative estimate of drug-likeness (QED) is 0.791. The second-order valence-corrected chi connectivity index (χ2v) is 8.16. The maximum Gasteiger partial charge on any atom is 0.0586 e. The average Bonchev–Trinajstić information content (AvgIpc) is 3.30. The highest BCUT2D eigenvalue weighted by atomic mass is 16.3. The number of aliphatic hydroxyl groups is 1. The van der Waals surface area contributed by atoms with Crippen LogP contribution in [0.1, 0.15) is 64.7 Å². The van der Waals surface area contributed by atoms with E-state index in [1.54, 1.807) is 0 Å². The summed E-state index contributed by atoms with van der Waals surface area (Å²) in [7, 11) is 0. The SMILES string of the molecule is CC1CCCC(CNC2CC2)(CN2CCCCC2CO)C1. The van der Waals surface area contributed by atoms with Crippen molar-refractivity contribution in [3.63, 3.8) is 0 Å². The lowest BCUT2D eigenvalue weighted by atomic mass is 9.69. The van der Waals surface area contributed by atoms with Crippen molar-refractivity contribution in [3.05, 3.63) is 0 Å². The van der Waals surface area contributed by atoms with Gasteiger partial charge in [0.1, 0.15) is 0 Å². The molecule has 0 aromatic heterocycles. The summed E-state index contributed by atoms with van der Waals surface area (Å²) in [6.45, 7) is 6.40. The zero-order chi connectivity index (χ0) is 14.7. The largest absolute Gasteiger partial charge is 0.395 e. The van der Waals surface area contributed by atoms with Crippen LogP contribution in [0.2, 0.25) is 0 Å². The van der Waals surface area contributed by atoms with Gasteiger partial charge in [-0.1, -0.05) is 26.2 Å². The summed E-state index contributed by atoms with van der Waals surface area (Å²) in [5, 5.41) is 13.5. The zero-order valence-electron chi connectivity index (χ0n) is 13.8. The van der Waals surface area contributed by atoms with Crippen molar-refractivity contribution in [3.8, 4) is 0 Å². The van der Waals surface area contributed by atoms with Gasteiger partial charge in [-0.05, 0) is 56.4 Å². The minimum absolute atomic E-state index is 0.349. The van der Waals surface area contributed by atoms with Crippen LogP contribution >= 0.6 is 0 Å². The molecule has 2 aliphatic carbocycles. The van der Waals surface area contributed by atoms with Gasteiger partial charge in [0.2, 0.25) is 0 Å². The van der Waals surface area contributed by atoms with Crippen molar-refractivity contribution < 1.29 is 5.11 Å². The number of piperidine rings is 1.